The number of fused-ring (bicyclic) bond motifs is 6. The van der Waals surface area contributed by atoms with Crippen LogP contribution in [0.3, 0.4) is 0 Å². The maximum atomic E-state index is 2.48. The van der Waals surface area contributed by atoms with Crippen LogP contribution in [-0.4, -0.2) is 0 Å². The largest absolute Gasteiger partial charge is 0.135 e. The van der Waals surface area contributed by atoms with Crippen LogP contribution in [0.15, 0.2) is 146 Å². The molecule has 0 unspecified atom stereocenters. The van der Waals surface area contributed by atoms with E-state index in [0.29, 0.717) is 0 Å². The molecule has 49 heavy (non-hydrogen) atoms. The van der Waals surface area contributed by atoms with Gasteiger partial charge in [0.05, 0.1) is 0 Å². The normalized spacial score (nSPS) is 14.2. The molecule has 0 amide bonds. The van der Waals surface area contributed by atoms with Gasteiger partial charge in [-0.25, -0.2) is 0 Å². The predicted molar refractivity (Wildman–Crippen MR) is 214 cm³/mol. The molecule has 10 rings (SSSR count). The molecular weight excluding hydrogens is 609 g/mol. The summed E-state index contributed by atoms with van der Waals surface area (Å²) in [4.78, 5) is 0. The molecular formula is C48H34S. The van der Waals surface area contributed by atoms with E-state index in [2.05, 4.69) is 158 Å². The second-order valence-corrected chi connectivity index (χ2v) is 14.4. The third-order valence-electron chi connectivity index (χ3n) is 10.5. The van der Waals surface area contributed by atoms with E-state index in [4.69, 9.17) is 0 Å². The molecule has 0 atom stereocenters. The smallest absolute Gasteiger partial charge is 0.0434 e. The van der Waals surface area contributed by atoms with Crippen molar-refractivity contribution in [2.24, 2.45) is 0 Å². The molecule has 1 aromatic heterocycles. The Labute approximate surface area is 290 Å². The van der Waals surface area contributed by atoms with E-state index in [-0.39, 0.29) is 0 Å². The molecule has 0 radical (unpaired) electrons. The van der Waals surface area contributed by atoms with Gasteiger partial charge in [0.15, 0.2) is 0 Å². The van der Waals surface area contributed by atoms with Gasteiger partial charge in [-0.3, -0.25) is 0 Å². The molecule has 2 aliphatic carbocycles. The summed E-state index contributed by atoms with van der Waals surface area (Å²) in [6.45, 7) is 0. The van der Waals surface area contributed by atoms with Crippen molar-refractivity contribution in [1.82, 2.24) is 0 Å². The van der Waals surface area contributed by atoms with Crippen molar-refractivity contribution < 1.29 is 0 Å². The van der Waals surface area contributed by atoms with E-state index in [1.54, 1.807) is 0 Å². The molecule has 0 fully saturated rings. The Kier molecular flexibility index (Phi) is 6.74. The Morgan fingerprint density at radius 2 is 1.04 bits per heavy atom. The molecule has 2 aliphatic rings. The molecule has 0 spiro atoms. The van der Waals surface area contributed by atoms with Crippen LogP contribution in [0.25, 0.3) is 92.8 Å². The lowest BCUT2D eigenvalue weighted by Crippen LogP contribution is -2.31. The first-order valence-corrected chi connectivity index (χ1v) is 18.3. The highest BCUT2D eigenvalue weighted by molar-refractivity contribution is 7.26. The summed E-state index contributed by atoms with van der Waals surface area (Å²) in [6, 6.07) is 47.6. The van der Waals surface area contributed by atoms with Crippen molar-refractivity contribution in [2.75, 3.05) is 0 Å². The zero-order valence-corrected chi connectivity index (χ0v) is 28.1. The van der Waals surface area contributed by atoms with Crippen molar-refractivity contribution in [3.63, 3.8) is 0 Å². The molecule has 8 aromatic rings. The van der Waals surface area contributed by atoms with E-state index in [0.717, 1.165) is 25.7 Å². The predicted octanol–water partition coefficient (Wildman–Crippen LogP) is 12.5. The quantitative estimate of drug-likeness (QED) is 0.179. The number of thiophene rings is 1. The van der Waals surface area contributed by atoms with Crippen molar-refractivity contribution in [1.29, 1.82) is 0 Å². The number of hydrogen-bond acceptors (Lipinski definition) is 1. The maximum absolute atomic E-state index is 2.48. The van der Waals surface area contributed by atoms with Gasteiger partial charge in [-0.05, 0) is 108 Å². The monoisotopic (exact) mass is 642 g/mol. The van der Waals surface area contributed by atoms with Crippen LogP contribution < -0.4 is 10.4 Å². The van der Waals surface area contributed by atoms with Gasteiger partial charge in [-0.15, -0.1) is 11.3 Å². The van der Waals surface area contributed by atoms with Crippen LogP contribution in [0.1, 0.15) is 31.2 Å². The number of allylic oxidation sites excluding steroid dienone is 4. The van der Waals surface area contributed by atoms with Crippen molar-refractivity contribution in [2.45, 2.75) is 25.7 Å². The highest BCUT2D eigenvalue weighted by Crippen LogP contribution is 2.44. The molecule has 0 saturated heterocycles. The fourth-order valence-electron chi connectivity index (χ4n) is 8.35. The van der Waals surface area contributed by atoms with Crippen LogP contribution in [0, 0.1) is 0 Å². The summed E-state index contributed by atoms with van der Waals surface area (Å²) < 4.78 is 2.72. The third-order valence-corrected chi connectivity index (χ3v) is 11.7. The fourth-order valence-corrected chi connectivity index (χ4v) is 9.61. The number of benzene rings is 7. The van der Waals surface area contributed by atoms with Crippen LogP contribution in [0.5, 0.6) is 0 Å². The van der Waals surface area contributed by atoms with Gasteiger partial charge in [-0.2, -0.15) is 0 Å². The van der Waals surface area contributed by atoms with Crippen LogP contribution in [0.4, 0.5) is 0 Å². The summed E-state index contributed by atoms with van der Waals surface area (Å²) in [6.07, 6.45) is 16.3. The van der Waals surface area contributed by atoms with Crippen LogP contribution in [-0.2, 0) is 0 Å². The molecule has 0 bridgehead atoms. The molecule has 0 saturated carbocycles. The molecule has 0 nitrogen and oxygen atoms in total. The van der Waals surface area contributed by atoms with E-state index >= 15 is 0 Å². The van der Waals surface area contributed by atoms with Crippen molar-refractivity contribution in [3.05, 3.63) is 162 Å². The van der Waals surface area contributed by atoms with Gasteiger partial charge in [-0.1, -0.05) is 152 Å². The van der Waals surface area contributed by atoms with Gasteiger partial charge < -0.3 is 0 Å². The summed E-state index contributed by atoms with van der Waals surface area (Å²) >= 11 is 1.92. The standard InChI is InChI=1S/C48H34S/c1-2-13-32(14-3-1)36-22-12-26-44-47(36)43-25-11-23-37(48(43)49-44)33-27-29-34(30-28-33)45-39-18-6-8-20-41(39)46(42-21-9-7-19-40(42)45)38-24-10-16-31-15-4-5-17-35(31)38/h2,4-6,8,10-30H,1,3,7,9H2. The second kappa shape index (κ2) is 11.6. The highest BCUT2D eigenvalue weighted by Gasteiger charge is 2.19. The minimum Gasteiger partial charge on any atom is -0.135 e. The third kappa shape index (κ3) is 4.57. The van der Waals surface area contributed by atoms with E-state index in [9.17, 15) is 0 Å². The van der Waals surface area contributed by atoms with Gasteiger partial charge in [0.2, 0.25) is 0 Å². The lowest BCUT2D eigenvalue weighted by atomic mass is 9.85. The minimum absolute atomic E-state index is 1.06. The Bertz CT molecular complexity index is 2800. The number of rotatable bonds is 4. The lowest BCUT2D eigenvalue weighted by molar-refractivity contribution is 1.04. The first-order valence-electron chi connectivity index (χ1n) is 17.5. The minimum atomic E-state index is 1.06. The van der Waals surface area contributed by atoms with Crippen molar-refractivity contribution >= 4 is 70.8 Å². The first kappa shape index (κ1) is 28.5. The average molecular weight is 643 g/mol. The first-order chi connectivity index (χ1) is 24.3. The summed E-state index contributed by atoms with van der Waals surface area (Å²) in [7, 11) is 0. The van der Waals surface area contributed by atoms with E-state index in [1.807, 2.05) is 11.3 Å². The van der Waals surface area contributed by atoms with E-state index in [1.165, 1.54) is 96.7 Å². The molecule has 7 aromatic carbocycles. The average Bonchev–Trinajstić information content (AvgIpc) is 3.57. The SMILES string of the molecule is C1=CC(c2cccc3sc4c(-c5ccc(-c6c7c(c(-c8cccc9ccccc89)c8ccccc68)=CCCC=7)cc5)cccc4c23)=CCC1. The number of hydrogen-bond donors (Lipinski definition) is 0. The molecule has 1 heteroatoms. The maximum Gasteiger partial charge on any atom is 0.0434 e. The zero-order valence-electron chi connectivity index (χ0n) is 27.2. The Hall–Kier alpha value is -5.50. The van der Waals surface area contributed by atoms with Gasteiger partial charge in [0.1, 0.15) is 0 Å². The zero-order chi connectivity index (χ0) is 32.3. The van der Waals surface area contributed by atoms with Gasteiger partial charge >= 0.3 is 0 Å². The molecule has 1 heterocycles. The molecule has 0 N–H and O–H groups in total. The summed E-state index contributed by atoms with van der Waals surface area (Å²) in [5.74, 6) is 0. The lowest BCUT2D eigenvalue weighted by Gasteiger charge is -2.19. The summed E-state index contributed by atoms with van der Waals surface area (Å²) in [5, 5.41) is 10.7. The molecule has 232 valence electrons. The fraction of sp³-hybridized carbons (Fsp3) is 0.0833. The highest BCUT2D eigenvalue weighted by atomic mass is 32.1. The van der Waals surface area contributed by atoms with E-state index < -0.39 is 0 Å². The Morgan fingerprint density at radius 3 is 1.86 bits per heavy atom. The molecule has 0 aliphatic heterocycles. The second-order valence-electron chi connectivity index (χ2n) is 13.3. The topological polar surface area (TPSA) is 0 Å². The van der Waals surface area contributed by atoms with Crippen LogP contribution >= 0.6 is 11.3 Å². The van der Waals surface area contributed by atoms with Crippen molar-refractivity contribution in [3.8, 4) is 33.4 Å². The van der Waals surface area contributed by atoms with Gasteiger partial charge in [0.25, 0.3) is 0 Å². The Balaban J connectivity index is 1.15. The summed E-state index contributed by atoms with van der Waals surface area (Å²) in [5.41, 5.74) is 10.6. The van der Waals surface area contributed by atoms with Crippen LogP contribution in [0.2, 0.25) is 0 Å². The Morgan fingerprint density at radius 1 is 0.429 bits per heavy atom. The van der Waals surface area contributed by atoms with Gasteiger partial charge in [0, 0.05) is 20.2 Å².